The van der Waals surface area contributed by atoms with Crippen LogP contribution in [-0.2, 0) is 9.59 Å². The Labute approximate surface area is 142 Å². The molecule has 2 atom stereocenters. The zero-order valence-corrected chi connectivity index (χ0v) is 14.3. The molecular weight excluding hydrogens is 306 g/mol. The highest BCUT2D eigenvalue weighted by Gasteiger charge is 2.59. The number of piperidine rings is 1. The Bertz CT molecular complexity index is 617. The van der Waals surface area contributed by atoms with E-state index in [0.717, 1.165) is 30.6 Å². The zero-order chi connectivity index (χ0) is 17.3. The van der Waals surface area contributed by atoms with Gasteiger partial charge >= 0.3 is 5.97 Å². The zero-order valence-electron chi connectivity index (χ0n) is 14.3. The lowest BCUT2D eigenvalue weighted by Gasteiger charge is -2.33. The van der Waals surface area contributed by atoms with Crippen LogP contribution in [-0.4, -0.2) is 42.1 Å². The molecular formula is C19H25NO4. The number of amides is 1. The van der Waals surface area contributed by atoms with Crippen molar-refractivity contribution in [1.82, 2.24) is 4.90 Å². The molecule has 130 valence electrons. The van der Waals surface area contributed by atoms with Gasteiger partial charge in [0.15, 0.2) is 0 Å². The Morgan fingerprint density at radius 1 is 1.29 bits per heavy atom. The van der Waals surface area contributed by atoms with Crippen LogP contribution < -0.4 is 4.74 Å². The molecule has 2 unspecified atom stereocenters. The number of carbonyl (C=O) groups excluding carboxylic acids is 1. The molecule has 3 rings (SSSR count). The number of nitrogens with zero attached hydrogens (tertiary/aromatic N) is 1. The summed E-state index contributed by atoms with van der Waals surface area (Å²) in [4.78, 5) is 25.6. The van der Waals surface area contributed by atoms with Gasteiger partial charge in [0.05, 0.1) is 13.0 Å². The van der Waals surface area contributed by atoms with Crippen LogP contribution in [0.3, 0.4) is 0 Å². The molecule has 1 aromatic carbocycles. The number of rotatable bonds is 5. The van der Waals surface area contributed by atoms with E-state index in [1.807, 2.05) is 29.2 Å². The van der Waals surface area contributed by atoms with Crippen molar-refractivity contribution < 1.29 is 19.4 Å². The first kappa shape index (κ1) is 16.8. The molecule has 2 fully saturated rings. The van der Waals surface area contributed by atoms with Gasteiger partial charge in [0.2, 0.25) is 5.91 Å². The number of likely N-dealkylation sites (tertiary alicyclic amines) is 1. The number of carboxylic acid groups (broad SMARTS) is 1. The van der Waals surface area contributed by atoms with Gasteiger partial charge in [0.25, 0.3) is 0 Å². The molecule has 0 bridgehead atoms. The second kappa shape index (κ2) is 6.46. The molecule has 1 saturated carbocycles. The minimum absolute atomic E-state index is 0.0236. The molecule has 5 nitrogen and oxygen atoms in total. The van der Waals surface area contributed by atoms with Gasteiger partial charge in [-0.15, -0.1) is 0 Å². The predicted octanol–water partition coefficient (Wildman–Crippen LogP) is 2.90. The van der Waals surface area contributed by atoms with E-state index >= 15 is 0 Å². The van der Waals surface area contributed by atoms with Crippen molar-refractivity contribution in [2.45, 2.75) is 38.5 Å². The van der Waals surface area contributed by atoms with Gasteiger partial charge in [0, 0.05) is 19.5 Å². The van der Waals surface area contributed by atoms with Crippen LogP contribution in [0.2, 0.25) is 0 Å². The lowest BCUT2D eigenvalue weighted by Crippen LogP contribution is -2.40. The number of ether oxygens (including phenoxy) is 1. The average molecular weight is 331 g/mol. The highest BCUT2D eigenvalue weighted by Crippen LogP contribution is 2.59. The quantitative estimate of drug-likeness (QED) is 0.901. The van der Waals surface area contributed by atoms with Gasteiger partial charge in [-0.2, -0.15) is 0 Å². The fraction of sp³-hybridized carbons (Fsp3) is 0.579. The van der Waals surface area contributed by atoms with Gasteiger partial charge in [-0.1, -0.05) is 19.1 Å². The monoisotopic (exact) mass is 331 g/mol. The summed E-state index contributed by atoms with van der Waals surface area (Å²) in [6.07, 6.45) is 2.92. The summed E-state index contributed by atoms with van der Waals surface area (Å²) in [5.74, 6) is 0.277. The summed E-state index contributed by atoms with van der Waals surface area (Å²) in [7, 11) is 1.64. The van der Waals surface area contributed by atoms with Crippen molar-refractivity contribution in [3.63, 3.8) is 0 Å². The minimum atomic E-state index is -0.678. The van der Waals surface area contributed by atoms with E-state index in [0.29, 0.717) is 19.5 Å². The number of carboxylic acids is 1. The summed E-state index contributed by atoms with van der Waals surface area (Å²) in [6.45, 7) is 3.45. The van der Waals surface area contributed by atoms with Crippen LogP contribution in [0.1, 0.15) is 44.1 Å². The maximum atomic E-state index is 12.5. The Balaban J connectivity index is 1.51. The summed E-state index contributed by atoms with van der Waals surface area (Å²) in [5.41, 5.74) is 1.11. The summed E-state index contributed by atoms with van der Waals surface area (Å²) in [6, 6.07) is 7.84. The number of benzene rings is 1. The SMILES string of the molecule is COc1ccc(C(C)CC(=O)N2CCC3(CC2)CC3C(=O)O)cc1. The highest BCUT2D eigenvalue weighted by molar-refractivity contribution is 5.78. The molecule has 2 aliphatic rings. The van der Waals surface area contributed by atoms with Gasteiger partial charge in [-0.05, 0) is 48.3 Å². The summed E-state index contributed by atoms with van der Waals surface area (Å²) < 4.78 is 5.16. The first-order chi connectivity index (χ1) is 11.4. The minimum Gasteiger partial charge on any atom is -0.497 e. The second-order valence-electron chi connectivity index (χ2n) is 7.22. The normalized spacial score (nSPS) is 22.9. The van der Waals surface area contributed by atoms with Crippen LogP contribution in [0.15, 0.2) is 24.3 Å². The standard InChI is InChI=1S/C19H25NO4/c1-13(14-3-5-15(24-2)6-4-14)11-17(21)20-9-7-19(8-10-20)12-16(19)18(22)23/h3-6,13,16H,7-12H2,1-2H3,(H,22,23). The van der Waals surface area contributed by atoms with E-state index in [-0.39, 0.29) is 23.2 Å². The first-order valence-corrected chi connectivity index (χ1v) is 8.60. The number of carbonyl (C=O) groups is 2. The topological polar surface area (TPSA) is 66.8 Å². The molecule has 5 heteroatoms. The van der Waals surface area contributed by atoms with Crippen LogP contribution in [0.25, 0.3) is 0 Å². The molecule has 1 aliphatic heterocycles. The Morgan fingerprint density at radius 2 is 1.92 bits per heavy atom. The lowest BCUT2D eigenvalue weighted by atomic mass is 9.90. The molecule has 1 aliphatic carbocycles. The summed E-state index contributed by atoms with van der Waals surface area (Å²) in [5, 5.41) is 9.14. The molecule has 1 saturated heterocycles. The van der Waals surface area contributed by atoms with Gasteiger partial charge in [0.1, 0.15) is 5.75 Å². The van der Waals surface area contributed by atoms with E-state index < -0.39 is 5.97 Å². The Kier molecular flexibility index (Phi) is 4.52. The smallest absolute Gasteiger partial charge is 0.307 e. The average Bonchev–Trinajstić information content (AvgIpc) is 3.29. The molecule has 24 heavy (non-hydrogen) atoms. The van der Waals surface area contributed by atoms with E-state index in [1.165, 1.54) is 0 Å². The molecule has 1 aromatic rings. The third-order valence-electron chi connectivity index (χ3n) is 5.77. The largest absolute Gasteiger partial charge is 0.497 e. The van der Waals surface area contributed by atoms with Crippen molar-refractivity contribution in [1.29, 1.82) is 0 Å². The van der Waals surface area contributed by atoms with Gasteiger partial charge < -0.3 is 14.7 Å². The fourth-order valence-electron chi connectivity index (χ4n) is 3.89. The Hall–Kier alpha value is -2.04. The van der Waals surface area contributed by atoms with E-state index in [4.69, 9.17) is 9.84 Å². The van der Waals surface area contributed by atoms with Crippen LogP contribution >= 0.6 is 0 Å². The fourth-order valence-corrected chi connectivity index (χ4v) is 3.89. The van der Waals surface area contributed by atoms with E-state index in [1.54, 1.807) is 7.11 Å². The molecule has 1 N–H and O–H groups in total. The van der Waals surface area contributed by atoms with Crippen molar-refractivity contribution in [3.05, 3.63) is 29.8 Å². The number of hydrogen-bond donors (Lipinski definition) is 1. The van der Waals surface area contributed by atoms with Crippen LogP contribution in [0.5, 0.6) is 5.75 Å². The predicted molar refractivity (Wildman–Crippen MR) is 90.0 cm³/mol. The lowest BCUT2D eigenvalue weighted by molar-refractivity contribution is -0.139. The van der Waals surface area contributed by atoms with Crippen molar-refractivity contribution in [3.8, 4) is 5.75 Å². The van der Waals surface area contributed by atoms with Crippen molar-refractivity contribution in [2.75, 3.05) is 20.2 Å². The van der Waals surface area contributed by atoms with E-state index in [9.17, 15) is 9.59 Å². The van der Waals surface area contributed by atoms with Gasteiger partial charge in [-0.3, -0.25) is 9.59 Å². The third-order valence-corrected chi connectivity index (χ3v) is 5.77. The van der Waals surface area contributed by atoms with Crippen LogP contribution in [0, 0.1) is 11.3 Å². The molecule has 1 amide bonds. The van der Waals surface area contributed by atoms with Crippen molar-refractivity contribution in [2.24, 2.45) is 11.3 Å². The highest BCUT2D eigenvalue weighted by atomic mass is 16.5. The number of hydrogen-bond acceptors (Lipinski definition) is 3. The third kappa shape index (κ3) is 3.25. The Morgan fingerprint density at radius 3 is 2.42 bits per heavy atom. The number of methoxy groups -OCH3 is 1. The van der Waals surface area contributed by atoms with Crippen LogP contribution in [0.4, 0.5) is 0 Å². The molecule has 1 heterocycles. The molecule has 0 aromatic heterocycles. The number of aliphatic carboxylic acids is 1. The maximum absolute atomic E-state index is 12.5. The van der Waals surface area contributed by atoms with Crippen molar-refractivity contribution >= 4 is 11.9 Å². The molecule has 1 spiro atoms. The maximum Gasteiger partial charge on any atom is 0.307 e. The van der Waals surface area contributed by atoms with E-state index in [2.05, 4.69) is 6.92 Å². The first-order valence-electron chi connectivity index (χ1n) is 8.60. The van der Waals surface area contributed by atoms with Gasteiger partial charge in [-0.25, -0.2) is 0 Å². The summed E-state index contributed by atoms with van der Waals surface area (Å²) >= 11 is 0. The second-order valence-corrected chi connectivity index (χ2v) is 7.22. The molecule has 0 radical (unpaired) electrons.